The lowest BCUT2D eigenvalue weighted by Gasteiger charge is -2.22. The van der Waals surface area contributed by atoms with E-state index in [0.717, 1.165) is 11.3 Å². The van der Waals surface area contributed by atoms with E-state index in [4.69, 9.17) is 0 Å². The largest absolute Gasteiger partial charge is 0.384 e. The second-order valence-electron chi connectivity index (χ2n) is 5.32. The van der Waals surface area contributed by atoms with Gasteiger partial charge in [-0.05, 0) is 41.4 Å². The highest BCUT2D eigenvalue weighted by atomic mass is 32.1. The van der Waals surface area contributed by atoms with Gasteiger partial charge in [-0.25, -0.2) is 0 Å². The molecule has 0 aliphatic carbocycles. The van der Waals surface area contributed by atoms with Crippen LogP contribution >= 0.6 is 11.3 Å². The molecule has 2 aromatic heterocycles. The summed E-state index contributed by atoms with van der Waals surface area (Å²) in [4.78, 5) is 13.6. The fourth-order valence-electron chi connectivity index (χ4n) is 2.07. The van der Waals surface area contributed by atoms with E-state index >= 15 is 0 Å². The van der Waals surface area contributed by atoms with Crippen LogP contribution in [0.1, 0.15) is 23.0 Å². The summed E-state index contributed by atoms with van der Waals surface area (Å²) in [6.45, 7) is 1.76. The van der Waals surface area contributed by atoms with Gasteiger partial charge >= 0.3 is 0 Å². The Morgan fingerprint density at radius 1 is 1.35 bits per heavy atom. The normalized spacial score (nSPS) is 13.5. The van der Waals surface area contributed by atoms with Crippen LogP contribution in [0.25, 0.3) is 5.69 Å². The minimum atomic E-state index is -1.12. The Hall–Kier alpha value is -2.51. The zero-order valence-corrected chi connectivity index (χ0v) is 13.3. The molecule has 0 radical (unpaired) electrons. The molecule has 1 amide bonds. The molecule has 0 bridgehead atoms. The predicted octanol–water partition coefficient (Wildman–Crippen LogP) is 1.97. The first-order valence-corrected chi connectivity index (χ1v) is 8.01. The Kier molecular flexibility index (Phi) is 4.22. The van der Waals surface area contributed by atoms with Crippen molar-refractivity contribution in [1.82, 2.24) is 20.3 Å². The lowest BCUT2D eigenvalue weighted by Crippen LogP contribution is -2.38. The van der Waals surface area contributed by atoms with Gasteiger partial charge < -0.3 is 10.4 Å². The third-order valence-corrected chi connectivity index (χ3v) is 4.13. The molecule has 23 heavy (non-hydrogen) atoms. The summed E-state index contributed by atoms with van der Waals surface area (Å²) in [5.74, 6) is -0.373. The first kappa shape index (κ1) is 15.4. The Bertz CT molecular complexity index is 782. The zero-order chi connectivity index (χ0) is 16.3. The number of rotatable bonds is 5. The molecule has 118 valence electrons. The number of carbonyl (C=O) groups is 1. The molecule has 3 aromatic rings. The minimum Gasteiger partial charge on any atom is -0.384 e. The smallest absolute Gasteiger partial charge is 0.273 e. The van der Waals surface area contributed by atoms with Gasteiger partial charge in [0.2, 0.25) is 0 Å². The SMILES string of the molecule is CC(O)(CNC(=O)c1cnn(-c2ccccc2)n1)c1ccsc1. The maximum Gasteiger partial charge on any atom is 0.273 e. The summed E-state index contributed by atoms with van der Waals surface area (Å²) in [5.41, 5.74) is 0.632. The van der Waals surface area contributed by atoms with Crippen LogP contribution in [-0.4, -0.2) is 32.6 Å². The van der Waals surface area contributed by atoms with Crippen LogP contribution in [0.4, 0.5) is 0 Å². The number of hydrogen-bond acceptors (Lipinski definition) is 5. The van der Waals surface area contributed by atoms with Crippen molar-refractivity contribution in [1.29, 1.82) is 0 Å². The molecule has 0 aliphatic heterocycles. The van der Waals surface area contributed by atoms with E-state index in [0.29, 0.717) is 0 Å². The molecule has 0 aliphatic rings. The highest BCUT2D eigenvalue weighted by molar-refractivity contribution is 7.08. The Labute approximate surface area is 137 Å². The third-order valence-electron chi connectivity index (χ3n) is 3.45. The van der Waals surface area contributed by atoms with Crippen molar-refractivity contribution in [3.63, 3.8) is 0 Å². The molecular weight excluding hydrogens is 312 g/mol. The molecule has 2 heterocycles. The van der Waals surface area contributed by atoms with Crippen LogP contribution in [0.5, 0.6) is 0 Å². The zero-order valence-electron chi connectivity index (χ0n) is 12.5. The van der Waals surface area contributed by atoms with Gasteiger partial charge in [-0.2, -0.15) is 21.2 Å². The summed E-state index contributed by atoms with van der Waals surface area (Å²) in [6, 6.07) is 11.2. The number of nitrogens with zero attached hydrogens (tertiary/aromatic N) is 3. The van der Waals surface area contributed by atoms with Gasteiger partial charge in [-0.1, -0.05) is 18.2 Å². The number of aliphatic hydroxyl groups is 1. The standard InChI is InChI=1S/C16H16N4O2S/c1-16(22,12-7-8-23-10-12)11-17-15(21)14-9-18-20(19-14)13-5-3-2-4-6-13/h2-10,22H,11H2,1H3,(H,17,21). The van der Waals surface area contributed by atoms with Crippen molar-refractivity contribution in [2.45, 2.75) is 12.5 Å². The van der Waals surface area contributed by atoms with Crippen molar-refractivity contribution in [2.24, 2.45) is 0 Å². The van der Waals surface area contributed by atoms with Gasteiger partial charge in [0, 0.05) is 0 Å². The van der Waals surface area contributed by atoms with E-state index in [9.17, 15) is 9.90 Å². The minimum absolute atomic E-state index is 0.0980. The van der Waals surface area contributed by atoms with Gasteiger partial charge in [-0.3, -0.25) is 4.79 Å². The molecule has 0 fully saturated rings. The Morgan fingerprint density at radius 2 is 2.13 bits per heavy atom. The predicted molar refractivity (Wildman–Crippen MR) is 87.6 cm³/mol. The van der Waals surface area contributed by atoms with Crippen LogP contribution in [0, 0.1) is 0 Å². The molecule has 6 nitrogen and oxygen atoms in total. The van der Waals surface area contributed by atoms with E-state index in [1.807, 2.05) is 47.2 Å². The monoisotopic (exact) mass is 328 g/mol. The highest BCUT2D eigenvalue weighted by Gasteiger charge is 2.25. The summed E-state index contributed by atoms with van der Waals surface area (Å²) >= 11 is 1.50. The molecule has 3 rings (SSSR count). The Balaban J connectivity index is 1.66. The van der Waals surface area contributed by atoms with Crippen molar-refractivity contribution in [3.05, 3.63) is 64.6 Å². The van der Waals surface area contributed by atoms with Crippen LogP contribution in [0.2, 0.25) is 0 Å². The lowest BCUT2D eigenvalue weighted by atomic mass is 9.99. The number of thiophene rings is 1. The summed E-state index contributed by atoms with van der Waals surface area (Å²) in [6.07, 6.45) is 1.40. The average molecular weight is 328 g/mol. The highest BCUT2D eigenvalue weighted by Crippen LogP contribution is 2.22. The van der Waals surface area contributed by atoms with Gasteiger partial charge in [0.05, 0.1) is 18.4 Å². The second kappa shape index (κ2) is 6.31. The quantitative estimate of drug-likeness (QED) is 0.750. The van der Waals surface area contributed by atoms with Crippen molar-refractivity contribution in [3.8, 4) is 5.69 Å². The van der Waals surface area contributed by atoms with Crippen molar-refractivity contribution >= 4 is 17.2 Å². The number of benzene rings is 1. The number of nitrogens with one attached hydrogen (secondary N) is 1. The molecule has 1 aromatic carbocycles. The molecule has 0 saturated heterocycles. The van der Waals surface area contributed by atoms with E-state index in [1.54, 1.807) is 6.92 Å². The molecule has 1 unspecified atom stereocenters. The average Bonchev–Trinajstić information content (AvgIpc) is 3.25. The topological polar surface area (TPSA) is 80.0 Å². The molecule has 7 heteroatoms. The van der Waals surface area contributed by atoms with E-state index < -0.39 is 5.60 Å². The maximum atomic E-state index is 12.2. The molecule has 2 N–H and O–H groups in total. The number of hydrogen-bond donors (Lipinski definition) is 2. The molecular formula is C16H16N4O2S. The van der Waals surface area contributed by atoms with Crippen molar-refractivity contribution in [2.75, 3.05) is 6.54 Å². The fourth-order valence-corrected chi connectivity index (χ4v) is 2.85. The summed E-state index contributed by atoms with van der Waals surface area (Å²) in [7, 11) is 0. The number of aromatic nitrogens is 3. The second-order valence-corrected chi connectivity index (χ2v) is 6.10. The van der Waals surface area contributed by atoms with Crippen LogP contribution in [-0.2, 0) is 5.60 Å². The van der Waals surface area contributed by atoms with Gasteiger partial charge in [0.1, 0.15) is 5.60 Å². The van der Waals surface area contributed by atoms with Crippen LogP contribution in [0.15, 0.2) is 53.4 Å². The maximum absolute atomic E-state index is 12.2. The first-order chi connectivity index (χ1) is 11.1. The number of carbonyl (C=O) groups excluding carboxylic acids is 1. The number of para-hydroxylation sites is 1. The van der Waals surface area contributed by atoms with E-state index in [1.165, 1.54) is 22.3 Å². The van der Waals surface area contributed by atoms with Crippen LogP contribution in [0.3, 0.4) is 0 Å². The summed E-state index contributed by atoms with van der Waals surface area (Å²) in [5, 5.41) is 25.1. The first-order valence-electron chi connectivity index (χ1n) is 7.07. The van der Waals surface area contributed by atoms with E-state index in [2.05, 4.69) is 15.5 Å². The fraction of sp³-hybridized carbons (Fsp3) is 0.188. The molecule has 1 atom stereocenters. The molecule has 0 spiro atoms. The van der Waals surface area contributed by atoms with Crippen LogP contribution < -0.4 is 5.32 Å². The lowest BCUT2D eigenvalue weighted by molar-refractivity contribution is 0.0528. The number of amides is 1. The summed E-state index contributed by atoms with van der Waals surface area (Å²) < 4.78 is 0. The van der Waals surface area contributed by atoms with E-state index in [-0.39, 0.29) is 18.1 Å². The Morgan fingerprint density at radius 3 is 2.83 bits per heavy atom. The van der Waals surface area contributed by atoms with Gasteiger partial charge in [0.15, 0.2) is 5.69 Å². The molecule has 0 saturated carbocycles. The van der Waals surface area contributed by atoms with Gasteiger partial charge in [0.25, 0.3) is 5.91 Å². The van der Waals surface area contributed by atoms with Gasteiger partial charge in [-0.15, -0.1) is 5.10 Å². The third kappa shape index (κ3) is 3.46. The van der Waals surface area contributed by atoms with Crippen molar-refractivity contribution < 1.29 is 9.90 Å².